The van der Waals surface area contributed by atoms with E-state index in [-0.39, 0.29) is 12.0 Å². The number of hydrogen-bond acceptors (Lipinski definition) is 2. The van der Waals surface area contributed by atoms with E-state index in [9.17, 15) is 13.6 Å². The van der Waals surface area contributed by atoms with Crippen molar-refractivity contribution >= 4 is 5.97 Å². The summed E-state index contributed by atoms with van der Waals surface area (Å²) in [5, 5.41) is 0. The SMILES string of the molecule is CCC12CC3CC(C1)CC(COC(=O)C(C)(F)F)(C3)C2. The Morgan fingerprint density at radius 3 is 2.25 bits per heavy atom. The van der Waals surface area contributed by atoms with Crippen LogP contribution in [-0.4, -0.2) is 18.5 Å². The van der Waals surface area contributed by atoms with Gasteiger partial charge < -0.3 is 4.74 Å². The molecule has 2 unspecified atom stereocenters. The first-order valence-electron chi connectivity index (χ1n) is 7.81. The molecule has 0 N–H and O–H groups in total. The minimum Gasteiger partial charge on any atom is -0.461 e. The van der Waals surface area contributed by atoms with Crippen molar-refractivity contribution < 1.29 is 18.3 Å². The molecule has 4 rings (SSSR count). The Hall–Kier alpha value is -0.670. The fourth-order valence-corrected chi connectivity index (χ4v) is 5.58. The molecule has 4 heteroatoms. The molecule has 0 aromatic carbocycles. The number of esters is 1. The van der Waals surface area contributed by atoms with Gasteiger partial charge in [-0.05, 0) is 55.8 Å². The molecule has 2 nitrogen and oxygen atoms in total. The minimum absolute atomic E-state index is 0.0129. The van der Waals surface area contributed by atoms with Crippen molar-refractivity contribution in [1.82, 2.24) is 0 Å². The first kappa shape index (κ1) is 14.3. The molecule has 2 atom stereocenters. The van der Waals surface area contributed by atoms with Gasteiger partial charge in [0.1, 0.15) is 0 Å². The highest BCUT2D eigenvalue weighted by atomic mass is 19.3. The van der Waals surface area contributed by atoms with E-state index in [1.165, 1.54) is 25.7 Å². The maximum absolute atomic E-state index is 12.9. The largest absolute Gasteiger partial charge is 0.461 e. The van der Waals surface area contributed by atoms with E-state index in [0.29, 0.717) is 12.3 Å². The van der Waals surface area contributed by atoms with Crippen LogP contribution >= 0.6 is 0 Å². The van der Waals surface area contributed by atoms with Crippen molar-refractivity contribution in [2.24, 2.45) is 22.7 Å². The van der Waals surface area contributed by atoms with Gasteiger partial charge in [-0.15, -0.1) is 0 Å². The van der Waals surface area contributed by atoms with Crippen molar-refractivity contribution in [2.75, 3.05) is 6.61 Å². The number of halogens is 2. The van der Waals surface area contributed by atoms with Crippen LogP contribution in [0.1, 0.15) is 58.8 Å². The van der Waals surface area contributed by atoms with Crippen molar-refractivity contribution in [3.8, 4) is 0 Å². The molecule has 0 heterocycles. The van der Waals surface area contributed by atoms with Gasteiger partial charge in [0.2, 0.25) is 0 Å². The minimum atomic E-state index is -3.37. The fraction of sp³-hybridized carbons (Fsp3) is 0.938. The molecular weight excluding hydrogens is 262 g/mol. The Kier molecular flexibility index (Phi) is 3.15. The summed E-state index contributed by atoms with van der Waals surface area (Å²) in [7, 11) is 0. The third kappa shape index (κ3) is 2.35. The molecule has 0 spiro atoms. The quantitative estimate of drug-likeness (QED) is 0.725. The van der Waals surface area contributed by atoms with Crippen LogP contribution in [0, 0.1) is 22.7 Å². The van der Waals surface area contributed by atoms with Crippen LogP contribution in [0.3, 0.4) is 0 Å². The average molecular weight is 286 g/mol. The number of carbonyl (C=O) groups excluding carboxylic acids is 1. The van der Waals surface area contributed by atoms with Crippen molar-refractivity contribution in [2.45, 2.75) is 64.7 Å². The molecule has 0 radical (unpaired) electrons. The highest BCUT2D eigenvalue weighted by Crippen LogP contribution is 2.66. The maximum Gasteiger partial charge on any atom is 0.376 e. The summed E-state index contributed by atoms with van der Waals surface area (Å²) in [5.41, 5.74) is 0.381. The van der Waals surface area contributed by atoms with Crippen LogP contribution < -0.4 is 0 Å². The van der Waals surface area contributed by atoms with Crippen LogP contribution in [0.2, 0.25) is 0 Å². The normalized spacial score (nSPS) is 42.8. The highest BCUT2D eigenvalue weighted by molar-refractivity contribution is 5.76. The predicted octanol–water partition coefficient (Wildman–Crippen LogP) is 4.18. The molecule has 20 heavy (non-hydrogen) atoms. The van der Waals surface area contributed by atoms with Gasteiger partial charge in [-0.1, -0.05) is 13.3 Å². The molecule has 0 aromatic heterocycles. The van der Waals surface area contributed by atoms with Crippen molar-refractivity contribution in [3.63, 3.8) is 0 Å². The van der Waals surface area contributed by atoms with Crippen LogP contribution in [0.4, 0.5) is 8.78 Å². The zero-order chi connectivity index (χ0) is 14.6. The molecule has 4 fully saturated rings. The van der Waals surface area contributed by atoms with Crippen LogP contribution in [-0.2, 0) is 9.53 Å². The molecule has 4 aliphatic carbocycles. The van der Waals surface area contributed by atoms with Gasteiger partial charge in [0.05, 0.1) is 6.61 Å². The molecule has 0 amide bonds. The Bertz CT molecular complexity index is 399. The van der Waals surface area contributed by atoms with E-state index in [4.69, 9.17) is 4.74 Å². The lowest BCUT2D eigenvalue weighted by Gasteiger charge is -2.62. The van der Waals surface area contributed by atoms with Gasteiger partial charge in [-0.25, -0.2) is 4.79 Å². The summed E-state index contributed by atoms with van der Waals surface area (Å²) < 4.78 is 30.9. The summed E-state index contributed by atoms with van der Waals surface area (Å²) in [5.74, 6) is -3.29. The Morgan fingerprint density at radius 2 is 1.75 bits per heavy atom. The van der Waals surface area contributed by atoms with Crippen LogP contribution in [0.15, 0.2) is 0 Å². The van der Waals surface area contributed by atoms with Crippen molar-refractivity contribution in [1.29, 1.82) is 0 Å². The lowest BCUT2D eigenvalue weighted by Crippen LogP contribution is -2.53. The van der Waals surface area contributed by atoms with Gasteiger partial charge in [-0.3, -0.25) is 0 Å². The standard InChI is InChI=1S/C16H24F2O2/c1-3-15-5-11-4-12(6-15)8-16(7-11,9-15)10-20-13(19)14(2,17)18/h11-12H,3-10H2,1-2H3. The van der Waals surface area contributed by atoms with Gasteiger partial charge in [0.25, 0.3) is 0 Å². The second kappa shape index (κ2) is 4.41. The van der Waals surface area contributed by atoms with Crippen molar-refractivity contribution in [3.05, 3.63) is 0 Å². The zero-order valence-electron chi connectivity index (χ0n) is 12.4. The Labute approximate surface area is 119 Å². The Balaban J connectivity index is 1.71. The number of hydrogen-bond donors (Lipinski definition) is 0. The lowest BCUT2D eigenvalue weighted by atomic mass is 9.44. The third-order valence-electron chi connectivity index (χ3n) is 5.92. The summed E-state index contributed by atoms with van der Waals surface area (Å²) in [6.45, 7) is 3.06. The second-order valence-electron chi connectivity index (χ2n) is 7.78. The van der Waals surface area contributed by atoms with Gasteiger partial charge in [0.15, 0.2) is 0 Å². The number of ether oxygens (including phenoxy) is 1. The highest BCUT2D eigenvalue weighted by Gasteiger charge is 2.57. The fourth-order valence-electron chi connectivity index (χ4n) is 5.58. The molecule has 4 bridgehead atoms. The van der Waals surface area contributed by atoms with Crippen LogP contribution in [0.25, 0.3) is 0 Å². The maximum atomic E-state index is 12.9. The van der Waals surface area contributed by atoms with E-state index in [1.807, 2.05) is 0 Å². The average Bonchev–Trinajstić information content (AvgIpc) is 2.33. The predicted molar refractivity (Wildman–Crippen MR) is 71.4 cm³/mol. The summed E-state index contributed by atoms with van der Waals surface area (Å²) >= 11 is 0. The molecule has 114 valence electrons. The summed E-state index contributed by atoms with van der Waals surface area (Å²) in [6.07, 6.45) is 8.23. The van der Waals surface area contributed by atoms with Gasteiger partial charge in [0, 0.05) is 12.3 Å². The first-order valence-corrected chi connectivity index (χ1v) is 7.81. The molecule has 4 saturated carbocycles. The van der Waals surface area contributed by atoms with E-state index in [2.05, 4.69) is 6.92 Å². The molecule has 0 aromatic rings. The van der Waals surface area contributed by atoms with Gasteiger partial charge in [-0.2, -0.15) is 8.78 Å². The molecule has 0 aliphatic heterocycles. The molecule has 0 saturated heterocycles. The lowest BCUT2D eigenvalue weighted by molar-refractivity contribution is -0.184. The van der Waals surface area contributed by atoms with Crippen LogP contribution in [0.5, 0.6) is 0 Å². The first-order chi connectivity index (χ1) is 9.26. The third-order valence-corrected chi connectivity index (χ3v) is 5.92. The Morgan fingerprint density at radius 1 is 1.20 bits per heavy atom. The smallest absolute Gasteiger partial charge is 0.376 e. The molecular formula is C16H24F2O2. The topological polar surface area (TPSA) is 26.3 Å². The second-order valence-corrected chi connectivity index (χ2v) is 7.78. The number of alkyl halides is 2. The van der Waals surface area contributed by atoms with E-state index < -0.39 is 11.9 Å². The zero-order valence-corrected chi connectivity index (χ0v) is 12.4. The van der Waals surface area contributed by atoms with E-state index in [1.54, 1.807) is 0 Å². The van der Waals surface area contributed by atoms with Gasteiger partial charge >= 0.3 is 11.9 Å². The number of carbonyl (C=O) groups is 1. The summed E-state index contributed by atoms with van der Waals surface area (Å²) in [6, 6.07) is 0. The monoisotopic (exact) mass is 286 g/mol. The van der Waals surface area contributed by atoms with E-state index in [0.717, 1.165) is 31.1 Å². The summed E-state index contributed by atoms with van der Waals surface area (Å²) in [4.78, 5) is 11.3. The molecule has 4 aliphatic rings. The van der Waals surface area contributed by atoms with E-state index >= 15 is 0 Å². The number of rotatable bonds is 4.